The van der Waals surface area contributed by atoms with Gasteiger partial charge in [-0.1, -0.05) is 45.4 Å². The summed E-state index contributed by atoms with van der Waals surface area (Å²) in [7, 11) is 0. The van der Waals surface area contributed by atoms with Crippen LogP contribution in [-0.2, 0) is 4.79 Å². The molecule has 1 fully saturated rings. The summed E-state index contributed by atoms with van der Waals surface area (Å²) in [5.41, 5.74) is 0. The molecular formula is C15H28N2O3. The highest BCUT2D eigenvalue weighted by atomic mass is 16.4. The Morgan fingerprint density at radius 3 is 2.55 bits per heavy atom. The highest BCUT2D eigenvalue weighted by Gasteiger charge is 2.19. The highest BCUT2D eigenvalue weighted by Crippen LogP contribution is 2.28. The Morgan fingerprint density at radius 2 is 1.95 bits per heavy atom. The minimum Gasteiger partial charge on any atom is -0.480 e. The van der Waals surface area contributed by atoms with Gasteiger partial charge in [-0.15, -0.1) is 0 Å². The third-order valence-corrected chi connectivity index (χ3v) is 4.00. The largest absolute Gasteiger partial charge is 0.480 e. The first-order valence-electron chi connectivity index (χ1n) is 7.90. The Morgan fingerprint density at radius 1 is 1.25 bits per heavy atom. The molecule has 20 heavy (non-hydrogen) atoms. The summed E-state index contributed by atoms with van der Waals surface area (Å²) < 4.78 is 0. The van der Waals surface area contributed by atoms with E-state index < -0.39 is 12.0 Å². The zero-order valence-electron chi connectivity index (χ0n) is 12.5. The van der Waals surface area contributed by atoms with Crippen LogP contribution < -0.4 is 10.6 Å². The van der Waals surface area contributed by atoms with E-state index in [1.807, 2.05) is 6.92 Å². The predicted octanol–water partition coefficient (Wildman–Crippen LogP) is 2.90. The van der Waals surface area contributed by atoms with E-state index in [9.17, 15) is 9.59 Å². The molecule has 1 saturated carbocycles. The molecule has 2 amide bonds. The minimum atomic E-state index is -0.959. The van der Waals surface area contributed by atoms with Gasteiger partial charge in [-0.2, -0.15) is 0 Å². The topological polar surface area (TPSA) is 78.4 Å². The van der Waals surface area contributed by atoms with Gasteiger partial charge < -0.3 is 15.7 Å². The molecule has 0 aromatic carbocycles. The molecular weight excluding hydrogens is 256 g/mol. The molecule has 0 heterocycles. The van der Waals surface area contributed by atoms with Crippen LogP contribution in [0.15, 0.2) is 0 Å². The van der Waals surface area contributed by atoms with Crippen LogP contribution in [0.3, 0.4) is 0 Å². The van der Waals surface area contributed by atoms with Crippen molar-refractivity contribution in [2.75, 3.05) is 6.54 Å². The van der Waals surface area contributed by atoms with Gasteiger partial charge in [-0.05, 0) is 25.2 Å². The summed E-state index contributed by atoms with van der Waals surface area (Å²) in [5.74, 6) is -0.129. The van der Waals surface area contributed by atoms with Crippen molar-refractivity contribution >= 4 is 12.0 Å². The summed E-state index contributed by atoms with van der Waals surface area (Å²) in [6, 6.07) is -1.13. The summed E-state index contributed by atoms with van der Waals surface area (Å²) in [6.45, 7) is 2.63. The second-order valence-electron chi connectivity index (χ2n) is 5.73. The van der Waals surface area contributed by atoms with Crippen molar-refractivity contribution in [1.82, 2.24) is 10.6 Å². The molecule has 0 aromatic heterocycles. The zero-order chi connectivity index (χ0) is 14.8. The average Bonchev–Trinajstić information content (AvgIpc) is 2.92. The van der Waals surface area contributed by atoms with Gasteiger partial charge >= 0.3 is 12.0 Å². The van der Waals surface area contributed by atoms with Crippen molar-refractivity contribution in [3.63, 3.8) is 0 Å². The molecule has 3 N–H and O–H groups in total. The lowest BCUT2D eigenvalue weighted by atomic mass is 10.0. The first kappa shape index (κ1) is 16.8. The number of aliphatic carboxylic acids is 1. The van der Waals surface area contributed by atoms with Crippen molar-refractivity contribution in [3.05, 3.63) is 0 Å². The Labute approximate surface area is 121 Å². The number of amides is 2. The van der Waals surface area contributed by atoms with Crippen LogP contribution in [0.2, 0.25) is 0 Å². The number of hydrogen-bond acceptors (Lipinski definition) is 2. The van der Waals surface area contributed by atoms with Crippen LogP contribution in [-0.4, -0.2) is 29.7 Å². The molecule has 0 aliphatic heterocycles. The van der Waals surface area contributed by atoms with Gasteiger partial charge in [0, 0.05) is 6.54 Å². The van der Waals surface area contributed by atoms with E-state index in [0.717, 1.165) is 25.2 Å². The molecule has 0 saturated heterocycles. The van der Waals surface area contributed by atoms with Crippen LogP contribution in [0.25, 0.3) is 0 Å². The quantitative estimate of drug-likeness (QED) is 0.570. The second kappa shape index (κ2) is 9.61. The van der Waals surface area contributed by atoms with Gasteiger partial charge in [0.2, 0.25) is 0 Å². The number of carbonyl (C=O) groups is 2. The molecule has 116 valence electrons. The van der Waals surface area contributed by atoms with E-state index in [0.29, 0.717) is 13.0 Å². The maximum absolute atomic E-state index is 11.6. The first-order chi connectivity index (χ1) is 9.63. The van der Waals surface area contributed by atoms with Gasteiger partial charge in [0.1, 0.15) is 6.04 Å². The van der Waals surface area contributed by atoms with E-state index in [2.05, 4.69) is 10.6 Å². The molecule has 0 spiro atoms. The Hall–Kier alpha value is -1.26. The van der Waals surface area contributed by atoms with Crippen LogP contribution in [0.5, 0.6) is 0 Å². The van der Waals surface area contributed by atoms with Crippen molar-refractivity contribution < 1.29 is 14.7 Å². The smallest absolute Gasteiger partial charge is 0.326 e. The number of unbranched alkanes of at least 4 members (excludes halogenated alkanes) is 1. The van der Waals surface area contributed by atoms with Crippen LogP contribution in [0.4, 0.5) is 4.79 Å². The maximum Gasteiger partial charge on any atom is 0.326 e. The van der Waals surface area contributed by atoms with Crippen LogP contribution in [0.1, 0.15) is 64.7 Å². The fourth-order valence-electron chi connectivity index (χ4n) is 2.77. The minimum absolute atomic E-state index is 0.361. The number of urea groups is 1. The molecule has 0 unspecified atom stereocenters. The summed E-state index contributed by atoms with van der Waals surface area (Å²) >= 11 is 0. The number of rotatable bonds is 9. The molecule has 0 bridgehead atoms. The fraction of sp³-hybridized carbons (Fsp3) is 0.867. The van der Waals surface area contributed by atoms with Gasteiger partial charge in [0.25, 0.3) is 0 Å². The molecule has 1 aliphatic carbocycles. The van der Waals surface area contributed by atoms with Crippen molar-refractivity contribution in [2.45, 2.75) is 70.8 Å². The lowest BCUT2D eigenvalue weighted by molar-refractivity contribution is -0.139. The average molecular weight is 284 g/mol. The molecule has 0 radical (unpaired) electrons. The van der Waals surface area contributed by atoms with Crippen LogP contribution >= 0.6 is 0 Å². The SMILES string of the molecule is CCCC[C@H](NC(=O)NCCCC1CCCC1)C(=O)O. The van der Waals surface area contributed by atoms with E-state index in [1.54, 1.807) is 0 Å². The Bertz CT molecular complexity index is 301. The lowest BCUT2D eigenvalue weighted by Crippen LogP contribution is -2.46. The van der Waals surface area contributed by atoms with Crippen molar-refractivity contribution in [1.29, 1.82) is 0 Å². The van der Waals surface area contributed by atoms with Crippen molar-refractivity contribution in [3.8, 4) is 0 Å². The number of nitrogens with one attached hydrogen (secondary N) is 2. The first-order valence-corrected chi connectivity index (χ1v) is 7.90. The predicted molar refractivity (Wildman–Crippen MR) is 78.7 cm³/mol. The van der Waals surface area contributed by atoms with E-state index in [1.165, 1.54) is 32.1 Å². The third kappa shape index (κ3) is 6.78. The fourth-order valence-corrected chi connectivity index (χ4v) is 2.77. The Balaban J connectivity index is 2.12. The molecule has 0 aromatic rings. The van der Waals surface area contributed by atoms with Gasteiger partial charge in [-0.25, -0.2) is 9.59 Å². The highest BCUT2D eigenvalue weighted by molar-refractivity contribution is 5.82. The van der Waals surface area contributed by atoms with Gasteiger partial charge in [0.15, 0.2) is 0 Å². The summed E-state index contributed by atoms with van der Waals surface area (Å²) in [6.07, 6.45) is 9.69. The second-order valence-corrected chi connectivity index (χ2v) is 5.73. The number of hydrogen-bond donors (Lipinski definition) is 3. The normalized spacial score (nSPS) is 16.9. The molecule has 1 atom stereocenters. The molecule has 1 aliphatic rings. The third-order valence-electron chi connectivity index (χ3n) is 4.00. The van der Waals surface area contributed by atoms with Crippen molar-refractivity contribution in [2.24, 2.45) is 5.92 Å². The summed E-state index contributed by atoms with van der Waals surface area (Å²) in [5, 5.41) is 14.3. The zero-order valence-corrected chi connectivity index (χ0v) is 12.5. The number of carbonyl (C=O) groups excluding carboxylic acids is 1. The lowest BCUT2D eigenvalue weighted by Gasteiger charge is -2.15. The molecule has 5 heteroatoms. The molecule has 5 nitrogen and oxygen atoms in total. The Kier molecular flexibility index (Phi) is 8.07. The van der Waals surface area contributed by atoms with Crippen LogP contribution in [0, 0.1) is 5.92 Å². The van der Waals surface area contributed by atoms with Gasteiger partial charge in [0.05, 0.1) is 0 Å². The van der Waals surface area contributed by atoms with E-state index >= 15 is 0 Å². The summed E-state index contributed by atoms with van der Waals surface area (Å²) in [4.78, 5) is 22.6. The van der Waals surface area contributed by atoms with Gasteiger partial charge in [-0.3, -0.25) is 0 Å². The monoisotopic (exact) mass is 284 g/mol. The van der Waals surface area contributed by atoms with E-state index in [4.69, 9.17) is 5.11 Å². The standard InChI is InChI=1S/C15H28N2O3/c1-2-3-10-13(14(18)19)17-15(20)16-11-6-9-12-7-4-5-8-12/h12-13H,2-11H2,1H3,(H,18,19)(H2,16,17,20)/t13-/m0/s1. The van der Waals surface area contributed by atoms with E-state index in [-0.39, 0.29) is 6.03 Å². The molecule has 1 rings (SSSR count). The maximum atomic E-state index is 11.6. The number of carboxylic acids is 1. The number of carboxylic acid groups (broad SMARTS) is 1.